The molecule has 0 radical (unpaired) electrons. The van der Waals surface area contributed by atoms with Gasteiger partial charge in [-0.3, -0.25) is 9.48 Å². The van der Waals surface area contributed by atoms with Crippen LogP contribution in [0, 0.1) is 17.3 Å². The minimum Gasteiger partial charge on any atom is -0.274 e. The van der Waals surface area contributed by atoms with Crippen LogP contribution in [0.5, 0.6) is 0 Å². The fraction of sp³-hybridized carbons (Fsp3) is 0.714. The molecule has 21 heavy (non-hydrogen) atoms. The van der Waals surface area contributed by atoms with Crippen LogP contribution in [-0.4, -0.2) is 24.1 Å². The lowest BCUT2D eigenvalue weighted by molar-refractivity contribution is -0.121. The van der Waals surface area contributed by atoms with Gasteiger partial charge in [0.25, 0.3) is 10.0 Å². The third-order valence-electron chi connectivity index (χ3n) is 4.57. The highest BCUT2D eigenvalue weighted by molar-refractivity contribution is 7.90. The minimum atomic E-state index is -3.84. The first-order valence-corrected chi connectivity index (χ1v) is 8.67. The zero-order chi connectivity index (χ0) is 16.0. The summed E-state index contributed by atoms with van der Waals surface area (Å²) in [6, 6.07) is 0.0670. The van der Waals surface area contributed by atoms with Crippen molar-refractivity contribution in [3.63, 3.8) is 0 Å². The van der Waals surface area contributed by atoms with Gasteiger partial charge in [-0.2, -0.15) is 5.10 Å². The van der Waals surface area contributed by atoms with Gasteiger partial charge in [0.15, 0.2) is 0 Å². The molecular weight excluding hydrogens is 290 g/mol. The highest BCUT2D eigenvalue weighted by atomic mass is 32.2. The summed E-state index contributed by atoms with van der Waals surface area (Å²) in [5.74, 6) is -0.296. The summed E-state index contributed by atoms with van der Waals surface area (Å²) in [6.07, 6.45) is 3.44. The van der Waals surface area contributed by atoms with Crippen LogP contribution in [0.2, 0.25) is 0 Å². The molecule has 6 nitrogen and oxygen atoms in total. The molecule has 1 aromatic heterocycles. The zero-order valence-electron chi connectivity index (χ0n) is 13.1. The average molecular weight is 313 g/mol. The van der Waals surface area contributed by atoms with Crippen LogP contribution in [0.3, 0.4) is 0 Å². The molecule has 2 atom stereocenters. The van der Waals surface area contributed by atoms with Crippen LogP contribution in [0.1, 0.15) is 47.1 Å². The lowest BCUT2D eigenvalue weighted by Gasteiger charge is -2.15. The molecule has 0 bridgehead atoms. The fourth-order valence-electron chi connectivity index (χ4n) is 2.42. The van der Waals surface area contributed by atoms with Crippen LogP contribution in [-0.2, 0) is 14.8 Å². The fourth-order valence-corrected chi connectivity index (χ4v) is 3.37. The van der Waals surface area contributed by atoms with Gasteiger partial charge in [0.1, 0.15) is 4.90 Å². The van der Waals surface area contributed by atoms with Gasteiger partial charge in [-0.05, 0) is 31.6 Å². The Morgan fingerprint density at radius 3 is 2.48 bits per heavy atom. The molecule has 1 aromatic rings. The van der Waals surface area contributed by atoms with Crippen molar-refractivity contribution < 1.29 is 13.2 Å². The standard InChI is InChI=1S/C14H23N3O3S/c1-9(2)14(5)6-12(14)13(18)16-21(19,20)11-7-15-17(8-11)10(3)4/h7-10,12H,6H2,1-5H3,(H,16,18). The van der Waals surface area contributed by atoms with Crippen molar-refractivity contribution in [1.82, 2.24) is 14.5 Å². The van der Waals surface area contributed by atoms with E-state index in [0.717, 1.165) is 6.42 Å². The van der Waals surface area contributed by atoms with E-state index in [-0.39, 0.29) is 22.3 Å². The third-order valence-corrected chi connectivity index (χ3v) is 5.87. The lowest BCUT2D eigenvalue weighted by atomic mass is 9.92. The summed E-state index contributed by atoms with van der Waals surface area (Å²) < 4.78 is 28.1. The second kappa shape index (κ2) is 5.12. The quantitative estimate of drug-likeness (QED) is 0.901. The predicted octanol–water partition coefficient (Wildman–Crippen LogP) is 1.95. The van der Waals surface area contributed by atoms with E-state index in [4.69, 9.17) is 0 Å². The van der Waals surface area contributed by atoms with Crippen LogP contribution >= 0.6 is 0 Å². The monoisotopic (exact) mass is 313 g/mol. The van der Waals surface area contributed by atoms with Crippen molar-refractivity contribution in [3.8, 4) is 0 Å². The Balaban J connectivity index is 2.10. The summed E-state index contributed by atoms with van der Waals surface area (Å²) in [4.78, 5) is 12.2. The molecule has 1 aliphatic carbocycles. The van der Waals surface area contributed by atoms with E-state index in [9.17, 15) is 13.2 Å². The van der Waals surface area contributed by atoms with E-state index in [2.05, 4.69) is 23.7 Å². The number of aromatic nitrogens is 2. The summed E-state index contributed by atoms with van der Waals surface area (Å²) in [6.45, 7) is 9.93. The van der Waals surface area contributed by atoms with Crippen LogP contribution in [0.4, 0.5) is 0 Å². The van der Waals surface area contributed by atoms with Crippen LogP contribution < -0.4 is 4.72 Å². The molecule has 7 heteroatoms. The Morgan fingerprint density at radius 1 is 1.43 bits per heavy atom. The minimum absolute atomic E-state index is 0.0245. The van der Waals surface area contributed by atoms with Gasteiger partial charge in [0.05, 0.1) is 6.20 Å². The van der Waals surface area contributed by atoms with E-state index < -0.39 is 15.9 Å². The highest BCUT2D eigenvalue weighted by Crippen LogP contribution is 2.57. The molecule has 118 valence electrons. The summed E-state index contributed by atoms with van der Waals surface area (Å²) >= 11 is 0. The molecule has 1 aliphatic rings. The van der Waals surface area contributed by atoms with E-state index >= 15 is 0 Å². The number of hydrogen-bond donors (Lipinski definition) is 1. The second-order valence-electron chi connectivity index (χ2n) is 6.64. The second-order valence-corrected chi connectivity index (χ2v) is 8.32. The van der Waals surface area contributed by atoms with Gasteiger partial charge < -0.3 is 0 Å². The lowest BCUT2D eigenvalue weighted by Crippen LogP contribution is -2.33. The van der Waals surface area contributed by atoms with E-state index in [1.54, 1.807) is 4.68 Å². The largest absolute Gasteiger partial charge is 0.274 e. The molecule has 0 aromatic carbocycles. The molecule has 2 unspecified atom stereocenters. The zero-order valence-corrected chi connectivity index (χ0v) is 13.9. The van der Waals surface area contributed by atoms with Crippen molar-refractivity contribution in [2.24, 2.45) is 17.3 Å². The number of sulfonamides is 1. The number of amides is 1. The maximum atomic E-state index is 12.2. The number of nitrogens with zero attached hydrogens (tertiary/aromatic N) is 2. The van der Waals surface area contributed by atoms with Gasteiger partial charge >= 0.3 is 0 Å². The summed E-state index contributed by atoms with van der Waals surface area (Å²) in [5.41, 5.74) is -0.0955. The van der Waals surface area contributed by atoms with Crippen molar-refractivity contribution >= 4 is 15.9 Å². The van der Waals surface area contributed by atoms with Crippen molar-refractivity contribution in [2.45, 2.75) is 52.0 Å². The van der Waals surface area contributed by atoms with Gasteiger partial charge in [-0.1, -0.05) is 20.8 Å². The van der Waals surface area contributed by atoms with Gasteiger partial charge in [0, 0.05) is 18.2 Å². The highest BCUT2D eigenvalue weighted by Gasteiger charge is 2.56. The molecule has 2 rings (SSSR count). The molecule has 1 N–H and O–H groups in total. The normalized spacial score (nSPS) is 25.4. The molecule has 0 spiro atoms. The van der Waals surface area contributed by atoms with E-state index in [1.165, 1.54) is 12.4 Å². The van der Waals surface area contributed by atoms with E-state index in [1.807, 2.05) is 20.8 Å². The number of hydrogen-bond acceptors (Lipinski definition) is 4. The Hall–Kier alpha value is -1.37. The smallest absolute Gasteiger partial charge is 0.267 e. The first-order chi connectivity index (χ1) is 9.58. The predicted molar refractivity (Wildman–Crippen MR) is 79.0 cm³/mol. The Labute approximate surface area is 126 Å². The molecule has 1 fully saturated rings. The molecule has 1 heterocycles. The maximum Gasteiger partial charge on any atom is 0.267 e. The first-order valence-electron chi connectivity index (χ1n) is 7.18. The number of rotatable bonds is 5. The summed E-state index contributed by atoms with van der Waals surface area (Å²) in [7, 11) is -3.84. The molecular formula is C14H23N3O3S. The third kappa shape index (κ3) is 2.97. The van der Waals surface area contributed by atoms with Crippen molar-refractivity contribution in [3.05, 3.63) is 12.4 Å². The number of nitrogens with one attached hydrogen (secondary N) is 1. The van der Waals surface area contributed by atoms with Gasteiger partial charge in [-0.15, -0.1) is 0 Å². The topological polar surface area (TPSA) is 81.1 Å². The molecule has 0 saturated heterocycles. The van der Waals surface area contributed by atoms with Gasteiger partial charge in [-0.25, -0.2) is 13.1 Å². The molecule has 1 saturated carbocycles. The first kappa shape index (κ1) is 16.0. The number of carbonyl (C=O) groups excluding carboxylic acids is 1. The molecule has 0 aliphatic heterocycles. The Bertz CT molecular complexity index is 648. The number of carbonyl (C=O) groups is 1. The Morgan fingerprint density at radius 2 is 2.05 bits per heavy atom. The summed E-state index contributed by atoms with van der Waals surface area (Å²) in [5, 5.41) is 3.99. The van der Waals surface area contributed by atoms with Gasteiger partial charge in [0.2, 0.25) is 5.91 Å². The average Bonchev–Trinajstić information content (AvgIpc) is 2.86. The maximum absolute atomic E-state index is 12.2. The van der Waals surface area contributed by atoms with Crippen LogP contribution in [0.15, 0.2) is 17.3 Å². The van der Waals surface area contributed by atoms with Crippen LogP contribution in [0.25, 0.3) is 0 Å². The molecule has 1 amide bonds. The van der Waals surface area contributed by atoms with E-state index in [0.29, 0.717) is 5.92 Å². The SMILES string of the molecule is CC(C)n1cc(S(=O)(=O)NC(=O)C2CC2(C)C(C)C)cn1. The van der Waals surface area contributed by atoms with Crippen molar-refractivity contribution in [1.29, 1.82) is 0 Å². The Kier molecular flexibility index (Phi) is 3.90. The van der Waals surface area contributed by atoms with Crippen molar-refractivity contribution in [2.75, 3.05) is 0 Å².